The predicted molar refractivity (Wildman–Crippen MR) is 153 cm³/mol. The van der Waals surface area contributed by atoms with Gasteiger partial charge in [-0.05, 0) is 94.3 Å². The Bertz CT molecular complexity index is 1310. The smallest absolute Gasteiger partial charge is 0.275 e. The molecule has 0 bridgehead atoms. The molecule has 1 aliphatic rings. The Balaban J connectivity index is 1.86. The Morgan fingerprint density at radius 2 is 1.26 bits per heavy atom. The van der Waals surface area contributed by atoms with E-state index in [9.17, 15) is 9.90 Å². The zero-order valence-electron chi connectivity index (χ0n) is 23.5. The van der Waals surface area contributed by atoms with E-state index < -0.39 is 0 Å². The number of aromatic hydroxyl groups is 1. The molecule has 0 spiro atoms. The first-order valence-electron chi connectivity index (χ1n) is 12.8. The predicted octanol–water partition coefficient (Wildman–Crippen LogP) is 7.09. The minimum absolute atomic E-state index is 0.140. The second kappa shape index (κ2) is 10.1. The van der Waals surface area contributed by atoms with Crippen LogP contribution in [0.4, 0.5) is 11.4 Å². The van der Waals surface area contributed by atoms with Crippen LogP contribution in [0.5, 0.6) is 17.2 Å². The highest BCUT2D eigenvalue weighted by Gasteiger charge is 2.37. The molecule has 3 aromatic carbocycles. The van der Waals surface area contributed by atoms with E-state index in [-0.39, 0.29) is 22.8 Å². The van der Waals surface area contributed by atoms with E-state index in [0.717, 1.165) is 39.6 Å². The van der Waals surface area contributed by atoms with Gasteiger partial charge in [0.05, 0.1) is 20.3 Å². The number of benzene rings is 3. The molecular weight excluding hydrogens is 476 g/mol. The van der Waals surface area contributed by atoms with Gasteiger partial charge in [0.15, 0.2) is 0 Å². The largest absolute Gasteiger partial charge is 0.507 e. The number of nitrogens with zero attached hydrogens (tertiary/aromatic N) is 1. The topological polar surface area (TPSA) is 71.0 Å². The highest BCUT2D eigenvalue weighted by Crippen LogP contribution is 2.44. The molecule has 2 N–H and O–H groups in total. The zero-order chi connectivity index (χ0) is 27.8. The number of ether oxygens (including phenoxy) is 2. The maximum Gasteiger partial charge on any atom is 0.275 e. The number of phenols is 1. The second-order valence-corrected chi connectivity index (χ2v) is 11.7. The number of carbonyl (C=O) groups excluding carboxylic acids is 1. The van der Waals surface area contributed by atoms with Crippen molar-refractivity contribution in [2.75, 3.05) is 24.4 Å². The highest BCUT2D eigenvalue weighted by atomic mass is 16.5. The van der Waals surface area contributed by atoms with Crippen LogP contribution >= 0.6 is 0 Å². The van der Waals surface area contributed by atoms with Crippen molar-refractivity contribution in [2.24, 2.45) is 0 Å². The summed E-state index contributed by atoms with van der Waals surface area (Å²) in [5.41, 5.74) is 4.10. The van der Waals surface area contributed by atoms with Gasteiger partial charge in [0, 0.05) is 11.4 Å². The second-order valence-electron chi connectivity index (χ2n) is 11.7. The molecule has 1 amide bonds. The van der Waals surface area contributed by atoms with E-state index in [0.29, 0.717) is 11.4 Å². The SMILES string of the molecule is COc1ccc(NC2=CC(c3cc(C(C)(C)C)c(O)c(C(C)(C)C)c3)N(c3ccc(OC)cc3)C2=O)cc1. The quantitative estimate of drug-likeness (QED) is 0.368. The fraction of sp³-hybridized carbons (Fsp3) is 0.344. The lowest BCUT2D eigenvalue weighted by atomic mass is 9.77. The normalized spacial score (nSPS) is 15.9. The van der Waals surface area contributed by atoms with Crippen molar-refractivity contribution >= 4 is 17.3 Å². The summed E-state index contributed by atoms with van der Waals surface area (Å²) in [6.45, 7) is 12.5. The summed E-state index contributed by atoms with van der Waals surface area (Å²) in [7, 11) is 3.24. The summed E-state index contributed by atoms with van der Waals surface area (Å²) < 4.78 is 10.6. The molecular formula is C32H38N2O4. The molecule has 1 atom stereocenters. The molecule has 0 radical (unpaired) electrons. The summed E-state index contributed by atoms with van der Waals surface area (Å²) >= 11 is 0. The number of nitrogens with one attached hydrogen (secondary N) is 1. The maximum absolute atomic E-state index is 13.9. The van der Waals surface area contributed by atoms with Gasteiger partial charge < -0.3 is 19.9 Å². The molecule has 0 saturated carbocycles. The van der Waals surface area contributed by atoms with E-state index >= 15 is 0 Å². The van der Waals surface area contributed by atoms with Crippen molar-refractivity contribution in [1.82, 2.24) is 0 Å². The molecule has 0 aromatic heterocycles. The summed E-state index contributed by atoms with van der Waals surface area (Å²) in [4.78, 5) is 15.7. The van der Waals surface area contributed by atoms with Crippen LogP contribution in [0.25, 0.3) is 0 Å². The lowest BCUT2D eigenvalue weighted by Crippen LogP contribution is -2.31. The third-order valence-corrected chi connectivity index (χ3v) is 6.86. The maximum atomic E-state index is 13.9. The number of anilines is 2. The first kappa shape index (κ1) is 27.1. The minimum atomic E-state index is -0.376. The molecule has 38 heavy (non-hydrogen) atoms. The first-order chi connectivity index (χ1) is 17.8. The number of hydrogen-bond acceptors (Lipinski definition) is 5. The number of hydrogen-bond donors (Lipinski definition) is 2. The summed E-state index contributed by atoms with van der Waals surface area (Å²) in [5, 5.41) is 14.6. The van der Waals surface area contributed by atoms with Crippen LogP contribution in [0.15, 0.2) is 72.4 Å². The van der Waals surface area contributed by atoms with E-state index in [1.165, 1.54) is 0 Å². The molecule has 1 heterocycles. The van der Waals surface area contributed by atoms with Crippen LogP contribution in [-0.2, 0) is 15.6 Å². The summed E-state index contributed by atoms with van der Waals surface area (Å²) in [6.07, 6.45) is 1.96. The van der Waals surface area contributed by atoms with Crippen molar-refractivity contribution in [3.05, 3.63) is 89.1 Å². The van der Waals surface area contributed by atoms with Gasteiger partial charge in [-0.1, -0.05) is 41.5 Å². The van der Waals surface area contributed by atoms with Crippen LogP contribution in [0.2, 0.25) is 0 Å². The van der Waals surface area contributed by atoms with Crippen LogP contribution < -0.4 is 19.7 Å². The molecule has 200 valence electrons. The van der Waals surface area contributed by atoms with Gasteiger partial charge in [-0.2, -0.15) is 0 Å². The monoisotopic (exact) mass is 514 g/mol. The van der Waals surface area contributed by atoms with Gasteiger partial charge in [-0.15, -0.1) is 0 Å². The average molecular weight is 515 g/mol. The third kappa shape index (κ3) is 5.35. The van der Waals surface area contributed by atoms with Gasteiger partial charge in [0.25, 0.3) is 5.91 Å². The number of amides is 1. The number of rotatable bonds is 6. The molecule has 0 aliphatic carbocycles. The van der Waals surface area contributed by atoms with E-state index in [2.05, 4.69) is 46.9 Å². The molecule has 0 fully saturated rings. The molecule has 6 nitrogen and oxygen atoms in total. The van der Waals surface area contributed by atoms with Crippen molar-refractivity contribution in [3.63, 3.8) is 0 Å². The molecule has 1 aliphatic heterocycles. The number of methoxy groups -OCH3 is 2. The average Bonchev–Trinajstić information content (AvgIpc) is 3.19. The molecule has 1 unspecified atom stereocenters. The Hall–Kier alpha value is -3.93. The standard InChI is InChI=1S/C32H38N2O4/c1-31(2,3)25-17-20(18-26(29(25)35)32(4,5)6)28-19-27(33-21-9-13-23(37-7)14-10-21)30(36)34(28)22-11-15-24(38-8)16-12-22/h9-19,28,33,35H,1-8H3. The summed E-state index contributed by atoms with van der Waals surface area (Å²) in [6, 6.07) is 18.7. The minimum Gasteiger partial charge on any atom is -0.507 e. The first-order valence-corrected chi connectivity index (χ1v) is 12.8. The van der Waals surface area contributed by atoms with Crippen molar-refractivity contribution in [3.8, 4) is 17.2 Å². The Labute approximate surface area is 225 Å². The van der Waals surface area contributed by atoms with Crippen molar-refractivity contribution < 1.29 is 19.4 Å². The fourth-order valence-corrected chi connectivity index (χ4v) is 4.72. The molecule has 4 rings (SSSR count). The van der Waals surface area contributed by atoms with Gasteiger partial charge in [-0.25, -0.2) is 0 Å². The van der Waals surface area contributed by atoms with Crippen LogP contribution in [0.1, 0.15) is 64.3 Å². The Morgan fingerprint density at radius 3 is 1.71 bits per heavy atom. The zero-order valence-corrected chi connectivity index (χ0v) is 23.5. The lowest BCUT2D eigenvalue weighted by molar-refractivity contribution is -0.114. The number of phenolic OH excluding ortho intramolecular Hbond substituents is 1. The van der Waals surface area contributed by atoms with Gasteiger partial charge in [0.1, 0.15) is 22.9 Å². The van der Waals surface area contributed by atoms with E-state index in [4.69, 9.17) is 9.47 Å². The third-order valence-electron chi connectivity index (χ3n) is 6.86. The van der Waals surface area contributed by atoms with Crippen molar-refractivity contribution in [2.45, 2.75) is 58.4 Å². The lowest BCUT2D eigenvalue weighted by Gasteiger charge is -2.31. The molecule has 0 saturated heterocycles. The fourth-order valence-electron chi connectivity index (χ4n) is 4.72. The molecule has 3 aromatic rings. The van der Waals surface area contributed by atoms with Crippen LogP contribution in [-0.4, -0.2) is 25.2 Å². The van der Waals surface area contributed by atoms with E-state index in [1.807, 2.05) is 66.7 Å². The molecule has 6 heteroatoms. The van der Waals surface area contributed by atoms with Gasteiger partial charge in [-0.3, -0.25) is 9.69 Å². The summed E-state index contributed by atoms with van der Waals surface area (Å²) in [5.74, 6) is 1.64. The number of carbonyl (C=O) groups is 1. The van der Waals surface area contributed by atoms with Crippen LogP contribution in [0, 0.1) is 0 Å². The van der Waals surface area contributed by atoms with Gasteiger partial charge >= 0.3 is 0 Å². The highest BCUT2D eigenvalue weighted by molar-refractivity contribution is 6.11. The van der Waals surface area contributed by atoms with E-state index in [1.54, 1.807) is 19.1 Å². The Kier molecular flexibility index (Phi) is 7.20. The van der Waals surface area contributed by atoms with Gasteiger partial charge in [0.2, 0.25) is 0 Å². The van der Waals surface area contributed by atoms with Crippen molar-refractivity contribution in [1.29, 1.82) is 0 Å². The Morgan fingerprint density at radius 1 is 0.789 bits per heavy atom. The van der Waals surface area contributed by atoms with Crippen LogP contribution in [0.3, 0.4) is 0 Å².